The van der Waals surface area contributed by atoms with Gasteiger partial charge >= 0.3 is 0 Å². The summed E-state index contributed by atoms with van der Waals surface area (Å²) >= 11 is 0. The zero-order chi connectivity index (χ0) is 19.2. The second-order valence-electron chi connectivity index (χ2n) is 7.83. The highest BCUT2D eigenvalue weighted by Crippen LogP contribution is 2.49. The number of benzene rings is 1. The molecule has 2 N–H and O–H groups in total. The van der Waals surface area contributed by atoms with E-state index in [9.17, 15) is 14.4 Å². The Hall–Kier alpha value is -2.65. The van der Waals surface area contributed by atoms with Crippen molar-refractivity contribution >= 4 is 5.78 Å². The molecule has 1 aromatic carbocycles. The summed E-state index contributed by atoms with van der Waals surface area (Å²) in [5, 5.41) is 13.2. The number of ketones is 1. The number of nitriles is 1. The second kappa shape index (κ2) is 6.26. The standard InChI is InChI=1S/C20H23FN4O/c1-20(2)9-15-18(16(26)10-20)17(12-7-5-6-8-14(12)21)13(11-22)19(23)25(15)24(3)4/h5-8,17H,9-10,23H2,1-4H3. The number of hydrogen-bond donors (Lipinski definition) is 1. The summed E-state index contributed by atoms with van der Waals surface area (Å²) in [7, 11) is 3.62. The predicted octanol–water partition coefficient (Wildman–Crippen LogP) is 3.04. The highest BCUT2D eigenvalue weighted by molar-refractivity contribution is 6.00. The average Bonchev–Trinajstić information content (AvgIpc) is 2.52. The number of carbonyl (C=O) groups excluding carboxylic acids is 1. The Bertz CT molecular complexity index is 876. The first kappa shape index (κ1) is 18.2. The van der Waals surface area contributed by atoms with Gasteiger partial charge in [0.05, 0.1) is 17.6 Å². The lowest BCUT2D eigenvalue weighted by molar-refractivity contribution is -0.119. The normalized spacial score (nSPS) is 22.6. The second-order valence-corrected chi connectivity index (χ2v) is 7.83. The SMILES string of the molecule is CN(C)N1C(N)=C(C#N)C(c2ccccc2F)C2=C1CC(C)(C)CC2=O. The molecule has 2 aliphatic rings. The molecule has 0 radical (unpaired) electrons. The number of nitrogens with zero attached hydrogens (tertiary/aromatic N) is 3. The third-order valence-electron chi connectivity index (χ3n) is 4.97. The van der Waals surface area contributed by atoms with Gasteiger partial charge in [-0.1, -0.05) is 32.0 Å². The molecule has 5 nitrogen and oxygen atoms in total. The highest BCUT2D eigenvalue weighted by atomic mass is 19.1. The van der Waals surface area contributed by atoms with E-state index in [1.165, 1.54) is 6.07 Å². The Morgan fingerprint density at radius 3 is 2.54 bits per heavy atom. The minimum atomic E-state index is -0.768. The van der Waals surface area contributed by atoms with Crippen LogP contribution in [0.2, 0.25) is 0 Å². The fourth-order valence-corrected chi connectivity index (χ4v) is 3.97. The molecule has 1 aliphatic heterocycles. The zero-order valence-corrected chi connectivity index (χ0v) is 15.5. The molecule has 1 heterocycles. The maximum Gasteiger partial charge on any atom is 0.162 e. The minimum absolute atomic E-state index is 0.0587. The molecule has 1 unspecified atom stereocenters. The average molecular weight is 354 g/mol. The number of halogens is 1. The minimum Gasteiger partial charge on any atom is -0.383 e. The molecule has 136 valence electrons. The third kappa shape index (κ3) is 2.78. The summed E-state index contributed by atoms with van der Waals surface area (Å²) in [6, 6.07) is 8.38. The van der Waals surface area contributed by atoms with Gasteiger partial charge in [0, 0.05) is 37.3 Å². The summed E-state index contributed by atoms with van der Waals surface area (Å²) in [5.41, 5.74) is 7.85. The van der Waals surface area contributed by atoms with E-state index in [1.807, 2.05) is 27.9 Å². The van der Waals surface area contributed by atoms with Crippen molar-refractivity contribution in [3.05, 3.63) is 58.3 Å². The molecule has 0 saturated heterocycles. The van der Waals surface area contributed by atoms with Crippen molar-refractivity contribution in [2.45, 2.75) is 32.6 Å². The Morgan fingerprint density at radius 2 is 1.96 bits per heavy atom. The summed E-state index contributed by atoms with van der Waals surface area (Å²) in [6.07, 6.45) is 0.979. The van der Waals surface area contributed by atoms with E-state index in [1.54, 1.807) is 28.2 Å². The molecule has 0 bridgehead atoms. The maximum atomic E-state index is 14.6. The van der Waals surface area contributed by atoms with E-state index in [-0.39, 0.29) is 22.6 Å². The number of carbonyl (C=O) groups is 1. The summed E-state index contributed by atoms with van der Waals surface area (Å²) in [4.78, 5) is 13.1. The monoisotopic (exact) mass is 354 g/mol. The van der Waals surface area contributed by atoms with Crippen molar-refractivity contribution < 1.29 is 9.18 Å². The van der Waals surface area contributed by atoms with Crippen molar-refractivity contribution in [2.75, 3.05) is 14.1 Å². The van der Waals surface area contributed by atoms with Gasteiger partial charge in [-0.05, 0) is 17.9 Å². The molecule has 26 heavy (non-hydrogen) atoms. The van der Waals surface area contributed by atoms with Gasteiger partial charge in [0.15, 0.2) is 5.78 Å². The molecule has 0 spiro atoms. The van der Waals surface area contributed by atoms with E-state index in [4.69, 9.17) is 5.73 Å². The summed E-state index contributed by atoms with van der Waals surface area (Å²) in [5.74, 6) is -1.02. The van der Waals surface area contributed by atoms with E-state index >= 15 is 0 Å². The Labute approximate surface area is 153 Å². The maximum absolute atomic E-state index is 14.6. The van der Waals surface area contributed by atoms with Crippen LogP contribution in [0.5, 0.6) is 0 Å². The number of allylic oxidation sites excluding steroid dienone is 3. The molecule has 3 rings (SSSR count). The Morgan fingerprint density at radius 1 is 1.31 bits per heavy atom. The van der Waals surface area contributed by atoms with Crippen molar-refractivity contribution in [1.29, 1.82) is 5.26 Å². The molecule has 1 aromatic rings. The van der Waals surface area contributed by atoms with E-state index in [0.29, 0.717) is 24.0 Å². The fraction of sp³-hybridized carbons (Fsp3) is 0.400. The summed E-state index contributed by atoms with van der Waals surface area (Å²) in [6.45, 7) is 4.06. The lowest BCUT2D eigenvalue weighted by Crippen LogP contribution is -2.47. The fourth-order valence-electron chi connectivity index (χ4n) is 3.97. The van der Waals surface area contributed by atoms with Gasteiger partial charge in [0.25, 0.3) is 0 Å². The van der Waals surface area contributed by atoms with Crippen LogP contribution in [0.4, 0.5) is 4.39 Å². The summed E-state index contributed by atoms with van der Waals surface area (Å²) < 4.78 is 14.6. The van der Waals surface area contributed by atoms with Crippen LogP contribution in [0.15, 0.2) is 46.9 Å². The smallest absolute Gasteiger partial charge is 0.162 e. The van der Waals surface area contributed by atoms with Gasteiger partial charge in [0.2, 0.25) is 0 Å². The Balaban J connectivity index is 2.32. The van der Waals surface area contributed by atoms with Crippen LogP contribution in [0, 0.1) is 22.6 Å². The quantitative estimate of drug-likeness (QED) is 0.884. The third-order valence-corrected chi connectivity index (χ3v) is 4.97. The first-order valence-electron chi connectivity index (χ1n) is 8.55. The molecule has 0 saturated carbocycles. The molecule has 1 aliphatic carbocycles. The van der Waals surface area contributed by atoms with Gasteiger partial charge in [-0.15, -0.1) is 0 Å². The number of Topliss-reactive ketones (excluding diaryl/α,β-unsaturated/α-hetero) is 1. The van der Waals surface area contributed by atoms with Gasteiger partial charge < -0.3 is 5.73 Å². The van der Waals surface area contributed by atoms with Crippen molar-refractivity contribution in [1.82, 2.24) is 10.0 Å². The molecule has 0 aromatic heterocycles. The van der Waals surface area contributed by atoms with Gasteiger partial charge in [-0.2, -0.15) is 5.26 Å². The van der Waals surface area contributed by atoms with Gasteiger partial charge in [0.1, 0.15) is 11.6 Å². The predicted molar refractivity (Wildman–Crippen MR) is 96.5 cm³/mol. The van der Waals surface area contributed by atoms with Crippen molar-refractivity contribution in [2.24, 2.45) is 11.1 Å². The molecular weight excluding hydrogens is 331 g/mol. The Kier molecular flexibility index (Phi) is 4.37. The van der Waals surface area contributed by atoms with Crippen LogP contribution in [0.1, 0.15) is 38.2 Å². The molecule has 1 atom stereocenters. The molecule has 0 fully saturated rings. The van der Waals surface area contributed by atoms with Crippen LogP contribution in [-0.2, 0) is 4.79 Å². The van der Waals surface area contributed by atoms with Crippen LogP contribution >= 0.6 is 0 Å². The van der Waals surface area contributed by atoms with Gasteiger partial charge in [-0.3, -0.25) is 9.80 Å². The van der Waals surface area contributed by atoms with E-state index in [2.05, 4.69) is 6.07 Å². The van der Waals surface area contributed by atoms with Crippen LogP contribution in [0.3, 0.4) is 0 Å². The van der Waals surface area contributed by atoms with Crippen LogP contribution in [0.25, 0.3) is 0 Å². The highest BCUT2D eigenvalue weighted by Gasteiger charge is 2.45. The van der Waals surface area contributed by atoms with Gasteiger partial charge in [-0.25, -0.2) is 9.40 Å². The van der Waals surface area contributed by atoms with Crippen LogP contribution < -0.4 is 5.73 Å². The first-order chi connectivity index (χ1) is 12.2. The van der Waals surface area contributed by atoms with E-state index in [0.717, 1.165) is 5.70 Å². The lowest BCUT2D eigenvalue weighted by Gasteiger charge is -2.45. The number of hydrogen-bond acceptors (Lipinski definition) is 5. The molecule has 0 amide bonds. The largest absolute Gasteiger partial charge is 0.383 e. The zero-order valence-electron chi connectivity index (χ0n) is 15.5. The van der Waals surface area contributed by atoms with Crippen LogP contribution in [-0.4, -0.2) is 29.9 Å². The van der Waals surface area contributed by atoms with Crippen molar-refractivity contribution in [3.8, 4) is 6.07 Å². The number of rotatable bonds is 2. The van der Waals surface area contributed by atoms with Crippen molar-refractivity contribution in [3.63, 3.8) is 0 Å². The topological polar surface area (TPSA) is 73.4 Å². The molecule has 6 heteroatoms. The number of hydrazine groups is 1. The lowest BCUT2D eigenvalue weighted by atomic mass is 9.69. The number of nitrogens with two attached hydrogens (primary N) is 1. The van der Waals surface area contributed by atoms with E-state index < -0.39 is 11.7 Å². The molecular formula is C20H23FN4O. The first-order valence-corrected chi connectivity index (χ1v) is 8.55.